The third kappa shape index (κ3) is 3.56. The van der Waals surface area contributed by atoms with Crippen molar-refractivity contribution >= 4 is 23.9 Å². The van der Waals surface area contributed by atoms with Gasteiger partial charge >= 0.3 is 0 Å². The third-order valence-corrected chi connectivity index (χ3v) is 10.1. The third-order valence-electron chi connectivity index (χ3n) is 10.1. The van der Waals surface area contributed by atoms with E-state index in [1.807, 2.05) is 0 Å². The molecule has 0 aromatic heterocycles. The minimum Gasteiger partial charge on any atom is -0.396 e. The highest BCUT2D eigenvalue weighted by Gasteiger charge is 2.64. The van der Waals surface area contributed by atoms with Gasteiger partial charge in [0.1, 0.15) is 11.9 Å². The number of hydrogen-bond donors (Lipinski definition) is 3. The predicted molar refractivity (Wildman–Crippen MR) is 121 cm³/mol. The Bertz CT molecular complexity index is 726. The van der Waals surface area contributed by atoms with Gasteiger partial charge in [0.25, 0.3) is 0 Å². The Kier molecular flexibility index (Phi) is 6.50. The van der Waals surface area contributed by atoms with Crippen LogP contribution in [0.15, 0.2) is 5.16 Å². The lowest BCUT2D eigenvalue weighted by Gasteiger charge is -2.63. The summed E-state index contributed by atoms with van der Waals surface area (Å²) in [6.07, 6.45) is 6.94. The minimum atomic E-state index is -0.534. The van der Waals surface area contributed by atoms with Crippen molar-refractivity contribution in [3.63, 3.8) is 0 Å². The molecule has 1 heterocycles. The Morgan fingerprint density at radius 2 is 1.94 bits per heavy atom. The molecular weight excluding hydrogens is 416 g/mol. The second kappa shape index (κ2) is 8.58. The molecule has 0 aromatic carbocycles. The molecule has 0 aromatic rings. The van der Waals surface area contributed by atoms with Gasteiger partial charge in [-0.3, -0.25) is 4.79 Å². The van der Waals surface area contributed by atoms with Gasteiger partial charge < -0.3 is 20.4 Å². The molecule has 176 valence electrons. The van der Waals surface area contributed by atoms with Gasteiger partial charge in [-0.15, -0.1) is 12.4 Å². The van der Waals surface area contributed by atoms with Crippen molar-refractivity contribution in [1.82, 2.24) is 5.32 Å². The van der Waals surface area contributed by atoms with E-state index in [0.29, 0.717) is 18.1 Å². The molecule has 0 amide bonds. The highest BCUT2D eigenvalue weighted by atomic mass is 35.5. The summed E-state index contributed by atoms with van der Waals surface area (Å²) in [5, 5.41) is 29.7. The second-order valence-electron chi connectivity index (χ2n) is 11.2. The van der Waals surface area contributed by atoms with Gasteiger partial charge in [-0.1, -0.05) is 19.0 Å². The summed E-state index contributed by atoms with van der Waals surface area (Å²) in [7, 11) is 0. The lowest BCUT2D eigenvalue weighted by Crippen LogP contribution is -2.62. The number of carbonyl (C=O) groups excluding carboxylic acids is 1. The van der Waals surface area contributed by atoms with Crippen molar-refractivity contribution < 1.29 is 19.8 Å². The SMILES string of the molecule is C[C@]12CCC(=NO[C@@H]3CCNC3)CC1C(CO)C(O)[C@@H]1[C@H]2CC[C@]2(C)C(=O)CC[C@@H]12.Cl. The average Bonchev–Trinajstić information content (AvgIpc) is 3.36. The first kappa shape index (κ1) is 23.5. The molecule has 31 heavy (non-hydrogen) atoms. The van der Waals surface area contributed by atoms with Gasteiger partial charge in [-0.2, -0.15) is 0 Å². The van der Waals surface area contributed by atoms with Crippen molar-refractivity contribution in [3.05, 3.63) is 0 Å². The van der Waals surface area contributed by atoms with E-state index in [-0.39, 0.29) is 59.6 Å². The van der Waals surface area contributed by atoms with E-state index >= 15 is 0 Å². The van der Waals surface area contributed by atoms with Crippen LogP contribution < -0.4 is 5.32 Å². The molecular formula is C24H39ClN2O4. The van der Waals surface area contributed by atoms with Crippen LogP contribution in [0.5, 0.6) is 0 Å². The van der Waals surface area contributed by atoms with Crippen LogP contribution in [-0.4, -0.2) is 53.6 Å². The van der Waals surface area contributed by atoms with Crippen LogP contribution in [0.1, 0.15) is 65.2 Å². The molecule has 3 unspecified atom stereocenters. The fourth-order valence-electron chi connectivity index (χ4n) is 8.21. The molecule has 7 heteroatoms. The Morgan fingerprint density at radius 3 is 2.65 bits per heavy atom. The first-order valence-electron chi connectivity index (χ1n) is 12.1. The zero-order valence-electron chi connectivity index (χ0n) is 18.9. The highest BCUT2D eigenvalue weighted by molar-refractivity contribution is 5.87. The molecule has 3 N–H and O–H groups in total. The summed E-state index contributed by atoms with van der Waals surface area (Å²) in [5.41, 5.74) is 0.902. The fraction of sp³-hybridized carbons (Fsp3) is 0.917. The molecule has 1 saturated heterocycles. The standard InChI is InChI=1S/C24H38N2O4.ClH/c1-23-8-5-14(26-30-15-7-10-25-12-15)11-19(23)16(13-27)22(29)21-17-3-4-20(28)24(17,2)9-6-18(21)23;/h15-19,21-22,25,27,29H,3-13H2,1-2H3;1H/t15-,16?,17+,18-,19?,21+,22?,23-,24+;/m1./s1. The Hall–Kier alpha value is -0.690. The summed E-state index contributed by atoms with van der Waals surface area (Å²) >= 11 is 0. The Balaban J connectivity index is 0.00000231. The van der Waals surface area contributed by atoms with Crippen LogP contribution in [-0.2, 0) is 9.63 Å². The van der Waals surface area contributed by atoms with E-state index in [4.69, 9.17) is 4.84 Å². The maximum Gasteiger partial charge on any atom is 0.141 e. The summed E-state index contributed by atoms with van der Waals surface area (Å²) in [6.45, 7) is 6.38. The monoisotopic (exact) mass is 454 g/mol. The van der Waals surface area contributed by atoms with Crippen LogP contribution in [0.2, 0.25) is 0 Å². The number of fused-ring (bicyclic) bond motifs is 5. The van der Waals surface area contributed by atoms with Gasteiger partial charge in [0.05, 0.1) is 11.8 Å². The quantitative estimate of drug-likeness (QED) is 0.570. The van der Waals surface area contributed by atoms with Crippen molar-refractivity contribution in [2.45, 2.75) is 77.4 Å². The number of halogens is 1. The molecule has 9 atom stereocenters. The van der Waals surface area contributed by atoms with E-state index in [2.05, 4.69) is 24.3 Å². The summed E-state index contributed by atoms with van der Waals surface area (Å²) in [4.78, 5) is 18.5. The molecule has 1 aliphatic heterocycles. The molecule has 0 spiro atoms. The van der Waals surface area contributed by atoms with Gasteiger partial charge in [0.15, 0.2) is 0 Å². The molecule has 6 nitrogen and oxygen atoms in total. The van der Waals surface area contributed by atoms with Crippen molar-refractivity contribution in [2.75, 3.05) is 19.7 Å². The molecule has 4 aliphatic carbocycles. The van der Waals surface area contributed by atoms with Crippen LogP contribution >= 0.6 is 12.4 Å². The van der Waals surface area contributed by atoms with E-state index in [1.165, 1.54) is 0 Å². The first-order chi connectivity index (χ1) is 14.4. The summed E-state index contributed by atoms with van der Waals surface area (Å²) < 4.78 is 0. The second-order valence-corrected chi connectivity index (χ2v) is 11.2. The average molecular weight is 455 g/mol. The number of rotatable bonds is 3. The highest BCUT2D eigenvalue weighted by Crippen LogP contribution is 2.66. The summed E-state index contributed by atoms with van der Waals surface area (Å²) in [6, 6.07) is 0. The smallest absolute Gasteiger partial charge is 0.141 e. The van der Waals surface area contributed by atoms with Gasteiger partial charge in [0.2, 0.25) is 0 Å². The van der Waals surface area contributed by atoms with E-state index in [9.17, 15) is 15.0 Å². The number of ketones is 1. The maximum absolute atomic E-state index is 12.7. The van der Waals surface area contributed by atoms with Crippen molar-refractivity contribution in [1.29, 1.82) is 0 Å². The number of nitrogens with one attached hydrogen (secondary N) is 1. The summed E-state index contributed by atoms with van der Waals surface area (Å²) in [5.74, 6) is 1.28. The number of hydrogen-bond acceptors (Lipinski definition) is 6. The van der Waals surface area contributed by atoms with Gasteiger partial charge in [0, 0.05) is 37.3 Å². The first-order valence-corrected chi connectivity index (χ1v) is 12.1. The van der Waals surface area contributed by atoms with Gasteiger partial charge in [-0.05, 0) is 74.2 Å². The van der Waals surface area contributed by atoms with Crippen LogP contribution in [0.25, 0.3) is 0 Å². The number of oxime groups is 1. The van der Waals surface area contributed by atoms with Gasteiger partial charge in [-0.25, -0.2) is 0 Å². The maximum atomic E-state index is 12.7. The van der Waals surface area contributed by atoms with Crippen molar-refractivity contribution in [3.8, 4) is 0 Å². The molecule has 0 radical (unpaired) electrons. The van der Waals surface area contributed by atoms with Crippen LogP contribution in [0.4, 0.5) is 0 Å². The fourth-order valence-corrected chi connectivity index (χ4v) is 8.21. The minimum absolute atomic E-state index is 0. The number of aliphatic hydroxyl groups is 2. The lowest BCUT2D eigenvalue weighted by atomic mass is 9.42. The van der Waals surface area contributed by atoms with E-state index in [0.717, 1.165) is 63.7 Å². The Labute approximate surface area is 192 Å². The number of nitrogens with zero attached hydrogens (tertiary/aromatic N) is 1. The normalized spacial score (nSPS) is 50.4. The zero-order chi connectivity index (χ0) is 21.1. The molecule has 4 saturated carbocycles. The Morgan fingerprint density at radius 1 is 1.13 bits per heavy atom. The van der Waals surface area contributed by atoms with E-state index in [1.54, 1.807) is 0 Å². The molecule has 5 aliphatic rings. The number of Topliss-reactive ketones (excluding diaryl/α,β-unsaturated/α-hetero) is 1. The number of carbonyl (C=O) groups is 1. The topological polar surface area (TPSA) is 91.2 Å². The predicted octanol–water partition coefficient (Wildman–Crippen LogP) is 2.94. The number of aliphatic hydroxyl groups excluding tert-OH is 2. The van der Waals surface area contributed by atoms with E-state index < -0.39 is 6.10 Å². The van der Waals surface area contributed by atoms with Crippen LogP contribution in [0.3, 0.4) is 0 Å². The zero-order valence-corrected chi connectivity index (χ0v) is 19.7. The largest absolute Gasteiger partial charge is 0.396 e. The van der Waals surface area contributed by atoms with Crippen LogP contribution in [0, 0.1) is 40.4 Å². The molecule has 5 rings (SSSR count). The molecule has 5 fully saturated rings. The molecule has 0 bridgehead atoms. The lowest BCUT2D eigenvalue weighted by molar-refractivity contribution is -0.188. The van der Waals surface area contributed by atoms with Crippen molar-refractivity contribution in [2.24, 2.45) is 45.6 Å².